The molecule has 0 aliphatic carbocycles. The predicted molar refractivity (Wildman–Crippen MR) is 72.3 cm³/mol. The zero-order valence-electron chi connectivity index (χ0n) is 11.8. The number of carbonyl (C=O) groups is 1. The molecule has 0 aliphatic rings. The van der Waals surface area contributed by atoms with E-state index in [0.29, 0.717) is 12.3 Å². The van der Waals surface area contributed by atoms with Crippen LogP contribution in [0.4, 0.5) is 0 Å². The predicted octanol–water partition coefficient (Wildman–Crippen LogP) is 0.0517. The molecule has 0 atom stereocenters. The van der Waals surface area contributed by atoms with E-state index in [2.05, 4.69) is 21.9 Å². The number of amides is 1. The van der Waals surface area contributed by atoms with E-state index in [1.54, 1.807) is 6.07 Å². The van der Waals surface area contributed by atoms with Gasteiger partial charge in [-0.15, -0.1) is 0 Å². The van der Waals surface area contributed by atoms with Gasteiger partial charge < -0.3 is 9.42 Å². The largest absolute Gasteiger partial charge is 0.359 e. The summed E-state index contributed by atoms with van der Waals surface area (Å²) in [4.78, 5) is 15.7. The highest BCUT2D eigenvalue weighted by Crippen LogP contribution is 2.08. The maximum absolute atomic E-state index is 11.3. The van der Waals surface area contributed by atoms with Gasteiger partial charge in [0.05, 0.1) is 6.54 Å². The monoisotopic (exact) mass is 269 g/mol. The topological polar surface area (TPSA) is 87.6 Å². The highest BCUT2D eigenvalue weighted by Gasteiger charge is 2.13. The molecule has 0 unspecified atom stereocenters. The summed E-state index contributed by atoms with van der Waals surface area (Å²) in [6, 6.07) is 1.63. The molecular formula is C12H23N5O2. The zero-order chi connectivity index (χ0) is 14.3. The molecule has 0 radical (unpaired) electrons. The molecule has 1 rings (SSSR count). The molecule has 0 aromatic carbocycles. The smallest absolute Gasteiger partial charge is 0.287 e. The van der Waals surface area contributed by atoms with E-state index in [0.717, 1.165) is 26.1 Å². The summed E-state index contributed by atoms with van der Waals surface area (Å²) in [5.74, 6) is 5.28. The second-order valence-corrected chi connectivity index (χ2v) is 4.73. The van der Waals surface area contributed by atoms with Gasteiger partial charge in [-0.3, -0.25) is 15.1 Å². The average Bonchev–Trinajstić information content (AvgIpc) is 2.83. The van der Waals surface area contributed by atoms with Crippen LogP contribution in [0.5, 0.6) is 0 Å². The lowest BCUT2D eigenvalue weighted by molar-refractivity contribution is 0.0944. The maximum atomic E-state index is 11.3. The Kier molecular flexibility index (Phi) is 6.48. The molecule has 7 nitrogen and oxygen atoms in total. The summed E-state index contributed by atoms with van der Waals surface area (Å²) < 4.78 is 5.15. The second kappa shape index (κ2) is 7.88. The maximum Gasteiger partial charge on any atom is 0.287 e. The number of hydrogen-bond donors (Lipinski definition) is 2. The van der Waals surface area contributed by atoms with Gasteiger partial charge in [-0.1, -0.05) is 12.1 Å². The lowest BCUT2D eigenvalue weighted by Crippen LogP contribution is -2.32. The molecule has 3 N–H and O–H groups in total. The van der Waals surface area contributed by atoms with Crippen LogP contribution in [0.25, 0.3) is 0 Å². The molecule has 108 valence electrons. The van der Waals surface area contributed by atoms with Crippen molar-refractivity contribution in [2.45, 2.75) is 19.9 Å². The van der Waals surface area contributed by atoms with E-state index in [4.69, 9.17) is 10.4 Å². The van der Waals surface area contributed by atoms with Gasteiger partial charge in [0, 0.05) is 19.2 Å². The van der Waals surface area contributed by atoms with E-state index < -0.39 is 5.91 Å². The molecule has 1 aromatic heterocycles. The number of hydrazine groups is 1. The molecular weight excluding hydrogens is 246 g/mol. The highest BCUT2D eigenvalue weighted by molar-refractivity contribution is 5.91. The number of nitrogens with one attached hydrogen (secondary N) is 1. The molecule has 0 spiro atoms. The van der Waals surface area contributed by atoms with Crippen LogP contribution in [-0.2, 0) is 6.54 Å². The molecule has 1 aromatic rings. The molecule has 1 amide bonds. The minimum atomic E-state index is -0.440. The fraction of sp³-hybridized carbons (Fsp3) is 0.667. The fourth-order valence-electron chi connectivity index (χ4n) is 1.72. The molecule has 0 saturated carbocycles. The van der Waals surface area contributed by atoms with Gasteiger partial charge >= 0.3 is 0 Å². The Balaban J connectivity index is 2.57. The first-order valence-electron chi connectivity index (χ1n) is 6.40. The van der Waals surface area contributed by atoms with Crippen molar-refractivity contribution in [1.29, 1.82) is 0 Å². The molecule has 0 saturated heterocycles. The average molecular weight is 269 g/mol. The minimum absolute atomic E-state index is 0.210. The quantitative estimate of drug-likeness (QED) is 0.394. The van der Waals surface area contributed by atoms with Gasteiger partial charge in [0.25, 0.3) is 5.91 Å². The Morgan fingerprint density at radius 2 is 2.16 bits per heavy atom. The van der Waals surface area contributed by atoms with Crippen LogP contribution in [0.1, 0.15) is 29.6 Å². The van der Waals surface area contributed by atoms with Crippen LogP contribution in [0.15, 0.2) is 10.6 Å². The van der Waals surface area contributed by atoms with E-state index in [1.807, 2.05) is 19.5 Å². The highest BCUT2D eigenvalue weighted by atomic mass is 16.5. The summed E-state index contributed by atoms with van der Waals surface area (Å²) in [6.45, 7) is 5.68. The zero-order valence-corrected chi connectivity index (χ0v) is 11.8. The molecule has 19 heavy (non-hydrogen) atoms. The standard InChI is InChI=1S/C12H23N5O2/c1-4-5-17(7-6-16(2)3)9-10-8-11(15-19-10)12(18)14-13/h8H,4-7,9,13H2,1-3H3,(H,14,18). The first-order valence-corrected chi connectivity index (χ1v) is 6.40. The lowest BCUT2D eigenvalue weighted by Gasteiger charge is -2.22. The Morgan fingerprint density at radius 1 is 1.42 bits per heavy atom. The van der Waals surface area contributed by atoms with Crippen LogP contribution in [-0.4, -0.2) is 54.6 Å². The Labute approximate surface area is 113 Å². The minimum Gasteiger partial charge on any atom is -0.359 e. The van der Waals surface area contributed by atoms with Gasteiger partial charge in [-0.25, -0.2) is 5.84 Å². The Hall–Kier alpha value is -1.44. The lowest BCUT2D eigenvalue weighted by atomic mass is 10.3. The molecule has 7 heteroatoms. The molecule has 0 fully saturated rings. The third kappa shape index (κ3) is 5.37. The Bertz CT molecular complexity index is 391. The van der Waals surface area contributed by atoms with Crippen molar-refractivity contribution in [2.75, 3.05) is 33.7 Å². The van der Waals surface area contributed by atoms with E-state index in [1.165, 1.54) is 0 Å². The summed E-state index contributed by atoms with van der Waals surface area (Å²) >= 11 is 0. The van der Waals surface area contributed by atoms with Crippen LogP contribution in [0.2, 0.25) is 0 Å². The van der Waals surface area contributed by atoms with Crippen LogP contribution in [0, 0.1) is 0 Å². The molecule has 0 bridgehead atoms. The SMILES string of the molecule is CCCN(CCN(C)C)Cc1cc(C(=O)NN)no1. The second-order valence-electron chi connectivity index (χ2n) is 4.73. The van der Waals surface area contributed by atoms with Crippen molar-refractivity contribution in [3.05, 3.63) is 17.5 Å². The van der Waals surface area contributed by atoms with Crippen LogP contribution < -0.4 is 11.3 Å². The van der Waals surface area contributed by atoms with Crippen molar-refractivity contribution < 1.29 is 9.32 Å². The number of nitrogens with zero attached hydrogens (tertiary/aromatic N) is 3. The third-order valence-corrected chi connectivity index (χ3v) is 2.71. The number of nitrogen functional groups attached to an aromatic ring is 1. The van der Waals surface area contributed by atoms with Gasteiger partial charge in [-0.05, 0) is 27.1 Å². The van der Waals surface area contributed by atoms with Crippen LogP contribution in [0.3, 0.4) is 0 Å². The van der Waals surface area contributed by atoms with Gasteiger partial charge in [0.1, 0.15) is 0 Å². The first kappa shape index (κ1) is 15.6. The van der Waals surface area contributed by atoms with E-state index >= 15 is 0 Å². The summed E-state index contributed by atoms with van der Waals surface area (Å²) in [5.41, 5.74) is 2.24. The third-order valence-electron chi connectivity index (χ3n) is 2.71. The Morgan fingerprint density at radius 3 is 2.74 bits per heavy atom. The summed E-state index contributed by atoms with van der Waals surface area (Å²) in [6.07, 6.45) is 1.07. The van der Waals surface area contributed by atoms with Crippen molar-refractivity contribution >= 4 is 5.91 Å². The number of carbonyl (C=O) groups excluding carboxylic acids is 1. The van der Waals surface area contributed by atoms with Gasteiger partial charge in [0.2, 0.25) is 0 Å². The van der Waals surface area contributed by atoms with Crippen molar-refractivity contribution in [1.82, 2.24) is 20.4 Å². The normalized spacial score (nSPS) is 11.3. The molecule has 0 aliphatic heterocycles. The van der Waals surface area contributed by atoms with Gasteiger partial charge in [-0.2, -0.15) is 0 Å². The van der Waals surface area contributed by atoms with Crippen LogP contribution >= 0.6 is 0 Å². The summed E-state index contributed by atoms with van der Waals surface area (Å²) in [5, 5.41) is 3.69. The van der Waals surface area contributed by atoms with E-state index in [9.17, 15) is 4.79 Å². The van der Waals surface area contributed by atoms with Crippen molar-refractivity contribution in [3.8, 4) is 0 Å². The number of likely N-dealkylation sites (N-methyl/N-ethyl adjacent to an activating group) is 1. The number of aromatic nitrogens is 1. The number of rotatable bonds is 8. The fourth-order valence-corrected chi connectivity index (χ4v) is 1.72. The number of hydrogen-bond acceptors (Lipinski definition) is 6. The summed E-state index contributed by atoms with van der Waals surface area (Å²) in [7, 11) is 4.09. The van der Waals surface area contributed by atoms with Gasteiger partial charge in [0.15, 0.2) is 11.5 Å². The molecule has 1 heterocycles. The first-order chi connectivity index (χ1) is 9.06. The number of nitrogens with two attached hydrogens (primary N) is 1. The van der Waals surface area contributed by atoms with Crippen molar-refractivity contribution in [3.63, 3.8) is 0 Å². The van der Waals surface area contributed by atoms with Crippen molar-refractivity contribution in [2.24, 2.45) is 5.84 Å². The van der Waals surface area contributed by atoms with E-state index in [-0.39, 0.29) is 5.69 Å².